The van der Waals surface area contributed by atoms with E-state index in [1.165, 1.54) is 18.3 Å². The number of pyridine rings is 1. The average Bonchev–Trinajstić information content (AvgIpc) is 3.36. The largest absolute Gasteiger partial charge is 0.392 e. The smallest absolute Gasteiger partial charge is 0.274 e. The van der Waals surface area contributed by atoms with Crippen molar-refractivity contribution in [1.82, 2.24) is 9.38 Å². The van der Waals surface area contributed by atoms with Gasteiger partial charge in [0.15, 0.2) is 5.78 Å². The van der Waals surface area contributed by atoms with Crippen LogP contribution in [0.5, 0.6) is 0 Å². The number of aromatic nitrogens is 2. The maximum absolute atomic E-state index is 14.7. The van der Waals surface area contributed by atoms with Gasteiger partial charge >= 0.3 is 0 Å². The number of amides is 1. The molecule has 2 aromatic heterocycles. The van der Waals surface area contributed by atoms with Crippen LogP contribution < -0.4 is 5.32 Å². The van der Waals surface area contributed by atoms with Gasteiger partial charge < -0.3 is 10.4 Å². The minimum atomic E-state index is -0.639. The third-order valence-corrected chi connectivity index (χ3v) is 6.50. The van der Waals surface area contributed by atoms with Gasteiger partial charge in [-0.2, -0.15) is 0 Å². The van der Waals surface area contributed by atoms with E-state index in [1.54, 1.807) is 23.6 Å². The fourth-order valence-electron chi connectivity index (χ4n) is 4.72. The molecule has 1 aliphatic carbocycles. The number of fused-ring (bicyclic) bond motifs is 2. The summed E-state index contributed by atoms with van der Waals surface area (Å²) in [6.07, 6.45) is 3.19. The highest BCUT2D eigenvalue weighted by Gasteiger charge is 2.33. The van der Waals surface area contributed by atoms with Crippen molar-refractivity contribution >= 4 is 23.0 Å². The van der Waals surface area contributed by atoms with Crippen LogP contribution in [0.4, 0.5) is 10.1 Å². The molecule has 0 saturated heterocycles. The predicted molar refractivity (Wildman–Crippen MR) is 127 cm³/mol. The van der Waals surface area contributed by atoms with Gasteiger partial charge in [0, 0.05) is 24.1 Å². The second-order valence-electron chi connectivity index (χ2n) is 8.88. The van der Waals surface area contributed by atoms with Crippen molar-refractivity contribution in [2.45, 2.75) is 38.7 Å². The van der Waals surface area contributed by atoms with Gasteiger partial charge in [-0.15, -0.1) is 0 Å². The summed E-state index contributed by atoms with van der Waals surface area (Å²) < 4.78 is 16.4. The molecule has 172 valence electrons. The van der Waals surface area contributed by atoms with Gasteiger partial charge in [0.05, 0.1) is 18.0 Å². The van der Waals surface area contributed by atoms with E-state index in [0.717, 1.165) is 16.7 Å². The maximum atomic E-state index is 14.7. The molecule has 34 heavy (non-hydrogen) atoms. The molecule has 6 nitrogen and oxygen atoms in total. The first-order valence-corrected chi connectivity index (χ1v) is 11.2. The number of imidazole rings is 1. The lowest BCUT2D eigenvalue weighted by atomic mass is 9.90. The highest BCUT2D eigenvalue weighted by atomic mass is 19.1. The van der Waals surface area contributed by atoms with Crippen molar-refractivity contribution in [1.29, 1.82) is 0 Å². The van der Waals surface area contributed by atoms with Crippen LogP contribution in [-0.4, -0.2) is 32.3 Å². The van der Waals surface area contributed by atoms with Gasteiger partial charge in [0.1, 0.15) is 17.2 Å². The molecule has 7 heteroatoms. The number of hydrogen-bond donors (Lipinski definition) is 2. The summed E-state index contributed by atoms with van der Waals surface area (Å²) in [5.74, 6) is -1.68. The molecule has 0 unspecified atom stereocenters. The fourth-order valence-corrected chi connectivity index (χ4v) is 4.72. The zero-order valence-corrected chi connectivity index (χ0v) is 18.9. The highest BCUT2D eigenvalue weighted by Crippen LogP contribution is 2.37. The standard InChI is InChI=1S/C27H24FN3O3/c1-15-7-8-26-29-13-23(31(26)14-15)27(34)30-22-11-19(16(2)9-21(22)28)25(33)12-20-18-6-4-3-5-17(18)10-24(20)32/h3-9,11,13-14,20,24,32H,10,12H2,1-2H3,(H,30,34)/t20-,24+/m1/s1. The molecule has 2 N–H and O–H groups in total. The number of anilines is 1. The Balaban J connectivity index is 1.41. The van der Waals surface area contributed by atoms with Crippen molar-refractivity contribution < 1.29 is 19.1 Å². The molecule has 0 radical (unpaired) electrons. The Bertz CT molecular complexity index is 1440. The van der Waals surface area contributed by atoms with Gasteiger partial charge in [-0.3, -0.25) is 14.0 Å². The monoisotopic (exact) mass is 457 g/mol. The zero-order valence-electron chi connectivity index (χ0n) is 18.9. The molecule has 1 amide bonds. The number of benzene rings is 2. The van der Waals surface area contributed by atoms with E-state index in [0.29, 0.717) is 23.2 Å². The molecular weight excluding hydrogens is 433 g/mol. The van der Waals surface area contributed by atoms with E-state index in [-0.39, 0.29) is 29.5 Å². The summed E-state index contributed by atoms with van der Waals surface area (Å²) >= 11 is 0. The number of rotatable bonds is 5. The normalized spacial score (nSPS) is 17.1. The van der Waals surface area contributed by atoms with E-state index in [1.807, 2.05) is 37.3 Å². The summed E-state index contributed by atoms with van der Waals surface area (Å²) in [4.78, 5) is 30.3. The van der Waals surface area contributed by atoms with E-state index in [4.69, 9.17) is 0 Å². The quantitative estimate of drug-likeness (QED) is 0.429. The van der Waals surface area contributed by atoms with Crippen LogP contribution in [0.1, 0.15) is 55.4 Å². The Morgan fingerprint density at radius 1 is 1.18 bits per heavy atom. The topological polar surface area (TPSA) is 83.7 Å². The molecule has 0 spiro atoms. The van der Waals surface area contributed by atoms with Crippen LogP contribution in [0.15, 0.2) is 60.9 Å². The number of Topliss-reactive ketones (excluding diaryl/α,β-unsaturated/α-hetero) is 1. The van der Waals surface area contributed by atoms with Crippen molar-refractivity contribution in [3.8, 4) is 0 Å². The van der Waals surface area contributed by atoms with Crippen LogP contribution in [-0.2, 0) is 6.42 Å². The maximum Gasteiger partial charge on any atom is 0.274 e. The number of aryl methyl sites for hydroxylation is 2. The number of aliphatic hydroxyl groups excluding tert-OH is 1. The van der Waals surface area contributed by atoms with Crippen LogP contribution in [0.25, 0.3) is 5.65 Å². The number of nitrogens with zero attached hydrogens (tertiary/aromatic N) is 2. The molecule has 0 aliphatic heterocycles. The third kappa shape index (κ3) is 3.88. The lowest BCUT2D eigenvalue weighted by Crippen LogP contribution is -2.19. The number of carbonyl (C=O) groups is 2. The Morgan fingerprint density at radius 2 is 1.97 bits per heavy atom. The number of halogens is 1. The summed E-state index contributed by atoms with van der Waals surface area (Å²) in [6.45, 7) is 3.56. The lowest BCUT2D eigenvalue weighted by molar-refractivity contribution is 0.0919. The van der Waals surface area contributed by atoms with Gasteiger partial charge in [0.25, 0.3) is 5.91 Å². The molecule has 4 aromatic rings. The van der Waals surface area contributed by atoms with E-state index in [9.17, 15) is 19.1 Å². The summed E-state index contributed by atoms with van der Waals surface area (Å²) in [7, 11) is 0. The molecular formula is C27H24FN3O3. The van der Waals surface area contributed by atoms with Gasteiger partial charge in [-0.25, -0.2) is 9.37 Å². The van der Waals surface area contributed by atoms with Gasteiger partial charge in [0.2, 0.25) is 0 Å². The number of ketones is 1. The summed E-state index contributed by atoms with van der Waals surface area (Å²) in [5.41, 5.74) is 4.55. The molecule has 0 saturated carbocycles. The predicted octanol–water partition coefficient (Wildman–Crippen LogP) is 4.62. The Morgan fingerprint density at radius 3 is 2.79 bits per heavy atom. The van der Waals surface area contributed by atoms with Crippen molar-refractivity contribution in [3.63, 3.8) is 0 Å². The lowest BCUT2D eigenvalue weighted by Gasteiger charge is -2.17. The second kappa shape index (κ2) is 8.50. The average molecular weight is 458 g/mol. The van der Waals surface area contributed by atoms with E-state index >= 15 is 0 Å². The van der Waals surface area contributed by atoms with Gasteiger partial charge in [-0.1, -0.05) is 30.3 Å². The molecule has 2 atom stereocenters. The fraction of sp³-hybridized carbons (Fsp3) is 0.222. The van der Waals surface area contributed by atoms with Crippen molar-refractivity contribution in [2.24, 2.45) is 0 Å². The summed E-state index contributed by atoms with van der Waals surface area (Å²) in [6, 6.07) is 14.0. The van der Waals surface area contributed by atoms with Crippen LogP contribution in [0, 0.1) is 19.7 Å². The summed E-state index contributed by atoms with van der Waals surface area (Å²) in [5, 5.41) is 13.1. The highest BCUT2D eigenvalue weighted by molar-refractivity contribution is 6.05. The number of aliphatic hydroxyl groups is 1. The van der Waals surface area contributed by atoms with Crippen molar-refractivity contribution in [3.05, 3.63) is 100 Å². The Kier molecular flexibility index (Phi) is 5.49. The van der Waals surface area contributed by atoms with Crippen LogP contribution >= 0.6 is 0 Å². The Hall–Kier alpha value is -3.84. The molecule has 2 heterocycles. The third-order valence-electron chi connectivity index (χ3n) is 6.50. The minimum absolute atomic E-state index is 0.0751. The van der Waals surface area contributed by atoms with Crippen LogP contribution in [0.3, 0.4) is 0 Å². The van der Waals surface area contributed by atoms with E-state index < -0.39 is 17.8 Å². The molecule has 2 aromatic carbocycles. The Labute approximate surface area is 196 Å². The van der Waals surface area contributed by atoms with E-state index in [2.05, 4.69) is 10.3 Å². The SMILES string of the molecule is Cc1ccc2ncc(C(=O)Nc3cc(C(=O)C[C@@H]4c5ccccc5C[C@@H]4O)c(C)cc3F)n2c1. The number of carbonyl (C=O) groups excluding carboxylic acids is 2. The first-order valence-electron chi connectivity index (χ1n) is 11.2. The second-order valence-corrected chi connectivity index (χ2v) is 8.88. The first-order chi connectivity index (χ1) is 16.3. The number of nitrogens with one attached hydrogen (secondary N) is 1. The molecule has 5 rings (SSSR count). The number of hydrogen-bond acceptors (Lipinski definition) is 4. The molecule has 0 bridgehead atoms. The van der Waals surface area contributed by atoms with Crippen molar-refractivity contribution in [2.75, 3.05) is 5.32 Å². The van der Waals surface area contributed by atoms with Gasteiger partial charge in [-0.05, 0) is 60.7 Å². The van der Waals surface area contributed by atoms with Crippen LogP contribution in [0.2, 0.25) is 0 Å². The minimum Gasteiger partial charge on any atom is -0.392 e. The first kappa shape index (κ1) is 22.0. The molecule has 0 fully saturated rings. The zero-order chi connectivity index (χ0) is 24.0. The molecule has 1 aliphatic rings.